The highest BCUT2D eigenvalue weighted by molar-refractivity contribution is 9.10. The van der Waals surface area contributed by atoms with Gasteiger partial charge in [-0.3, -0.25) is 0 Å². The lowest BCUT2D eigenvalue weighted by molar-refractivity contribution is 0.886. The minimum absolute atomic E-state index is 0.646. The number of nitriles is 1. The Morgan fingerprint density at radius 3 is 2.70 bits per heavy atom. The molecule has 0 N–H and O–H groups in total. The lowest BCUT2D eigenvalue weighted by Gasteiger charge is -2.21. The van der Waals surface area contributed by atoms with E-state index >= 15 is 0 Å². The average Bonchev–Trinajstić information content (AvgIpc) is 2.37. The zero-order valence-electron chi connectivity index (χ0n) is 11.8. The number of aryl methyl sites for hydroxylation is 2. The van der Waals surface area contributed by atoms with Crippen LogP contribution in [0.1, 0.15) is 22.4 Å². The molecular formula is C16H16BrN3. The molecular weight excluding hydrogens is 314 g/mol. The van der Waals surface area contributed by atoms with E-state index in [-0.39, 0.29) is 0 Å². The molecule has 0 saturated carbocycles. The lowest BCUT2D eigenvalue weighted by atomic mass is 10.1. The molecule has 0 spiro atoms. The van der Waals surface area contributed by atoms with Gasteiger partial charge in [-0.05, 0) is 43.2 Å². The zero-order valence-corrected chi connectivity index (χ0v) is 13.4. The van der Waals surface area contributed by atoms with Crippen LogP contribution in [0.5, 0.6) is 0 Å². The molecule has 102 valence electrons. The third-order valence-corrected chi connectivity index (χ3v) is 3.60. The van der Waals surface area contributed by atoms with E-state index in [1.807, 2.05) is 44.0 Å². The van der Waals surface area contributed by atoms with Gasteiger partial charge in [0.25, 0.3) is 0 Å². The normalized spacial score (nSPS) is 10.2. The molecule has 0 bridgehead atoms. The number of benzene rings is 1. The fourth-order valence-corrected chi connectivity index (χ4v) is 2.66. The van der Waals surface area contributed by atoms with Crippen molar-refractivity contribution in [1.29, 1.82) is 5.26 Å². The van der Waals surface area contributed by atoms with Crippen molar-refractivity contribution in [3.05, 3.63) is 57.2 Å². The molecule has 0 amide bonds. The summed E-state index contributed by atoms with van der Waals surface area (Å²) in [7, 11) is 1.96. The van der Waals surface area contributed by atoms with Gasteiger partial charge in [0.1, 0.15) is 11.9 Å². The average molecular weight is 330 g/mol. The molecule has 0 atom stereocenters. The molecule has 2 aromatic rings. The summed E-state index contributed by atoms with van der Waals surface area (Å²) in [5.41, 5.74) is 3.72. The predicted octanol–water partition coefficient (Wildman–Crippen LogP) is 3.97. The van der Waals surface area contributed by atoms with Crippen molar-refractivity contribution in [3.8, 4) is 6.07 Å². The van der Waals surface area contributed by atoms with Crippen LogP contribution in [0.3, 0.4) is 0 Å². The first-order valence-corrected chi connectivity index (χ1v) is 7.14. The summed E-state index contributed by atoms with van der Waals surface area (Å²) in [5.74, 6) is 0.741. The number of halogens is 1. The SMILES string of the molecule is Cc1cc(C)c(C#N)c(N(C)Cc2cccc(Br)c2)n1. The van der Waals surface area contributed by atoms with E-state index in [0.717, 1.165) is 21.5 Å². The summed E-state index contributed by atoms with van der Waals surface area (Å²) in [6, 6.07) is 12.3. The summed E-state index contributed by atoms with van der Waals surface area (Å²) in [5, 5.41) is 9.33. The highest BCUT2D eigenvalue weighted by atomic mass is 79.9. The van der Waals surface area contributed by atoms with Gasteiger partial charge < -0.3 is 4.90 Å². The van der Waals surface area contributed by atoms with Gasteiger partial charge >= 0.3 is 0 Å². The fourth-order valence-electron chi connectivity index (χ4n) is 2.22. The van der Waals surface area contributed by atoms with E-state index in [1.54, 1.807) is 0 Å². The van der Waals surface area contributed by atoms with E-state index in [0.29, 0.717) is 12.1 Å². The van der Waals surface area contributed by atoms with E-state index in [4.69, 9.17) is 0 Å². The number of aromatic nitrogens is 1. The van der Waals surface area contributed by atoms with Crippen LogP contribution >= 0.6 is 15.9 Å². The number of anilines is 1. The van der Waals surface area contributed by atoms with Crippen LogP contribution in [-0.4, -0.2) is 12.0 Å². The number of nitrogens with zero attached hydrogens (tertiary/aromatic N) is 3. The fraction of sp³-hybridized carbons (Fsp3) is 0.250. The second-order valence-electron chi connectivity index (χ2n) is 4.88. The largest absolute Gasteiger partial charge is 0.354 e. The van der Waals surface area contributed by atoms with Crippen molar-refractivity contribution in [1.82, 2.24) is 4.98 Å². The minimum Gasteiger partial charge on any atom is -0.354 e. The van der Waals surface area contributed by atoms with Gasteiger partial charge in [0.05, 0.1) is 5.56 Å². The van der Waals surface area contributed by atoms with Crippen LogP contribution in [0.4, 0.5) is 5.82 Å². The molecule has 0 aliphatic heterocycles. The Balaban J connectivity index is 2.34. The molecule has 1 aromatic carbocycles. The molecule has 0 aliphatic carbocycles. The van der Waals surface area contributed by atoms with Crippen LogP contribution < -0.4 is 4.90 Å². The molecule has 20 heavy (non-hydrogen) atoms. The van der Waals surface area contributed by atoms with Crippen LogP contribution in [0.2, 0.25) is 0 Å². The molecule has 2 rings (SSSR count). The van der Waals surface area contributed by atoms with Gasteiger partial charge in [0, 0.05) is 23.8 Å². The highest BCUT2D eigenvalue weighted by Gasteiger charge is 2.13. The molecule has 3 nitrogen and oxygen atoms in total. The number of hydrogen-bond acceptors (Lipinski definition) is 3. The van der Waals surface area contributed by atoms with Crippen LogP contribution in [0.15, 0.2) is 34.8 Å². The Morgan fingerprint density at radius 2 is 2.05 bits per heavy atom. The van der Waals surface area contributed by atoms with E-state index in [2.05, 4.69) is 39.1 Å². The van der Waals surface area contributed by atoms with Crippen LogP contribution in [0, 0.1) is 25.2 Å². The molecule has 0 unspecified atom stereocenters. The van der Waals surface area contributed by atoms with Crippen molar-refractivity contribution in [2.24, 2.45) is 0 Å². The van der Waals surface area contributed by atoms with E-state index in [1.165, 1.54) is 5.56 Å². The minimum atomic E-state index is 0.646. The van der Waals surface area contributed by atoms with E-state index in [9.17, 15) is 5.26 Å². The topological polar surface area (TPSA) is 39.9 Å². The number of rotatable bonds is 3. The number of hydrogen-bond donors (Lipinski definition) is 0. The maximum atomic E-state index is 9.33. The van der Waals surface area contributed by atoms with Crippen molar-refractivity contribution >= 4 is 21.7 Å². The molecule has 0 saturated heterocycles. The van der Waals surface area contributed by atoms with Crippen molar-refractivity contribution in [2.75, 3.05) is 11.9 Å². The van der Waals surface area contributed by atoms with Gasteiger partial charge in [-0.2, -0.15) is 5.26 Å². The third kappa shape index (κ3) is 3.17. The molecule has 1 aromatic heterocycles. The monoisotopic (exact) mass is 329 g/mol. The Bertz CT molecular complexity index is 674. The maximum Gasteiger partial charge on any atom is 0.147 e. The van der Waals surface area contributed by atoms with Gasteiger partial charge in [-0.1, -0.05) is 28.1 Å². The Morgan fingerprint density at radius 1 is 1.30 bits per heavy atom. The smallest absolute Gasteiger partial charge is 0.147 e. The molecule has 4 heteroatoms. The summed E-state index contributed by atoms with van der Waals surface area (Å²) in [6.07, 6.45) is 0. The Hall–Kier alpha value is -1.86. The van der Waals surface area contributed by atoms with Crippen molar-refractivity contribution in [3.63, 3.8) is 0 Å². The maximum absolute atomic E-state index is 9.33. The highest BCUT2D eigenvalue weighted by Crippen LogP contribution is 2.23. The van der Waals surface area contributed by atoms with Gasteiger partial charge in [-0.15, -0.1) is 0 Å². The second-order valence-corrected chi connectivity index (χ2v) is 5.79. The quantitative estimate of drug-likeness (QED) is 0.855. The molecule has 0 fully saturated rings. The molecule has 0 radical (unpaired) electrons. The summed E-state index contributed by atoms with van der Waals surface area (Å²) < 4.78 is 1.05. The third-order valence-electron chi connectivity index (χ3n) is 3.11. The molecule has 0 aliphatic rings. The molecule has 1 heterocycles. The standard InChI is InChI=1S/C16H16BrN3/c1-11-7-12(2)19-16(15(11)9-18)20(3)10-13-5-4-6-14(17)8-13/h4-8H,10H2,1-3H3. The van der Waals surface area contributed by atoms with Gasteiger partial charge in [-0.25, -0.2) is 4.98 Å². The van der Waals surface area contributed by atoms with Crippen molar-refractivity contribution < 1.29 is 0 Å². The Kier molecular flexibility index (Phi) is 4.41. The predicted molar refractivity (Wildman–Crippen MR) is 84.7 cm³/mol. The Labute approximate surface area is 128 Å². The zero-order chi connectivity index (χ0) is 14.7. The summed E-state index contributed by atoms with van der Waals surface area (Å²) >= 11 is 3.47. The lowest BCUT2D eigenvalue weighted by Crippen LogP contribution is -2.19. The summed E-state index contributed by atoms with van der Waals surface area (Å²) in [6.45, 7) is 4.61. The second kappa shape index (κ2) is 6.06. The van der Waals surface area contributed by atoms with E-state index < -0.39 is 0 Å². The van der Waals surface area contributed by atoms with Crippen LogP contribution in [-0.2, 0) is 6.54 Å². The van der Waals surface area contributed by atoms with Crippen molar-refractivity contribution in [2.45, 2.75) is 20.4 Å². The number of pyridine rings is 1. The first-order valence-electron chi connectivity index (χ1n) is 6.35. The van der Waals surface area contributed by atoms with Gasteiger partial charge in [0.2, 0.25) is 0 Å². The first kappa shape index (κ1) is 14.5. The van der Waals surface area contributed by atoms with Gasteiger partial charge in [0.15, 0.2) is 0 Å². The van der Waals surface area contributed by atoms with Crippen LogP contribution in [0.25, 0.3) is 0 Å². The first-order chi connectivity index (χ1) is 9.51. The summed E-state index contributed by atoms with van der Waals surface area (Å²) in [4.78, 5) is 6.53.